The zero-order valence-corrected chi connectivity index (χ0v) is 21.2. The fourth-order valence-electron chi connectivity index (χ4n) is 4.97. The van der Waals surface area contributed by atoms with Gasteiger partial charge >= 0.3 is 0 Å². The maximum absolute atomic E-state index is 12.8. The quantitative estimate of drug-likeness (QED) is 0.414. The van der Waals surface area contributed by atoms with Crippen molar-refractivity contribution in [2.24, 2.45) is 0 Å². The summed E-state index contributed by atoms with van der Waals surface area (Å²) in [5.41, 5.74) is 3.93. The molecule has 1 amide bonds. The molecule has 1 aromatic heterocycles. The number of ether oxygens (including phenoxy) is 4. The lowest BCUT2D eigenvalue weighted by atomic mass is 9.90. The van der Waals surface area contributed by atoms with Crippen molar-refractivity contribution in [1.29, 1.82) is 0 Å². The Bertz CT molecular complexity index is 1500. The molecule has 2 aliphatic heterocycles. The lowest BCUT2D eigenvalue weighted by molar-refractivity contribution is 0.102. The van der Waals surface area contributed by atoms with E-state index in [4.69, 9.17) is 18.9 Å². The Balaban J connectivity index is 1.32. The highest BCUT2D eigenvalue weighted by atomic mass is 16.7. The van der Waals surface area contributed by atoms with Gasteiger partial charge in [0.2, 0.25) is 12.5 Å². The van der Waals surface area contributed by atoms with Crippen LogP contribution in [0.5, 0.6) is 23.0 Å². The number of carbonyl (C=O) groups is 1. The number of likely N-dealkylation sites (N-methyl/N-ethyl adjacent to an activating group) is 1. The third kappa shape index (κ3) is 4.06. The van der Waals surface area contributed by atoms with Crippen molar-refractivity contribution in [2.45, 2.75) is 12.5 Å². The number of benzene rings is 3. The number of aromatic nitrogens is 4. The molecule has 0 bridgehead atoms. The number of rotatable bonds is 6. The number of hydrogen-bond donors (Lipinski definition) is 1. The highest BCUT2D eigenvalue weighted by Gasteiger charge is 2.37. The van der Waals surface area contributed by atoms with Crippen LogP contribution in [0.4, 0.5) is 5.69 Å². The monoisotopic (exact) mass is 514 g/mol. The number of nitrogens with zero attached hydrogens (tertiary/aromatic N) is 5. The number of carbonyl (C=O) groups excluding carboxylic acids is 1. The van der Waals surface area contributed by atoms with Gasteiger partial charge in [-0.3, -0.25) is 9.69 Å². The molecular formula is C27H26N6O5. The van der Waals surface area contributed by atoms with Crippen molar-refractivity contribution in [3.63, 3.8) is 0 Å². The number of tetrazole rings is 1. The van der Waals surface area contributed by atoms with Gasteiger partial charge < -0.3 is 24.3 Å². The second-order valence-corrected chi connectivity index (χ2v) is 9.03. The van der Waals surface area contributed by atoms with Gasteiger partial charge in [-0.1, -0.05) is 6.07 Å². The predicted octanol–water partition coefficient (Wildman–Crippen LogP) is 3.24. The average molecular weight is 515 g/mol. The van der Waals surface area contributed by atoms with Gasteiger partial charge in [0.15, 0.2) is 17.3 Å². The summed E-state index contributed by atoms with van der Waals surface area (Å²) in [5.74, 6) is 2.97. The van der Waals surface area contributed by atoms with Crippen LogP contribution < -0.4 is 24.3 Å². The highest BCUT2D eigenvalue weighted by molar-refractivity contribution is 6.04. The summed E-state index contributed by atoms with van der Waals surface area (Å²) in [6.07, 6.45) is 0.827. The van der Waals surface area contributed by atoms with Crippen LogP contribution in [0.1, 0.15) is 33.4 Å². The minimum Gasteiger partial charge on any atom is -0.497 e. The summed E-state index contributed by atoms with van der Waals surface area (Å²) in [4.78, 5) is 15.0. The predicted molar refractivity (Wildman–Crippen MR) is 137 cm³/mol. The van der Waals surface area contributed by atoms with E-state index in [1.807, 2.05) is 43.4 Å². The third-order valence-electron chi connectivity index (χ3n) is 6.84. The fraction of sp³-hybridized carbons (Fsp3) is 0.259. The number of hydrogen-bond acceptors (Lipinski definition) is 9. The number of amides is 1. The molecule has 0 fully saturated rings. The second-order valence-electron chi connectivity index (χ2n) is 9.03. The molecule has 11 heteroatoms. The van der Waals surface area contributed by atoms with E-state index in [9.17, 15) is 4.79 Å². The SMILES string of the molecule is COc1cccc(NC(=O)c2ccc(-n3nnnc3[C@@H]3c4c(cc5c(c4OC)OCO5)CCN3C)cc2)c1. The molecule has 38 heavy (non-hydrogen) atoms. The molecule has 3 aromatic carbocycles. The number of methoxy groups -OCH3 is 2. The zero-order chi connectivity index (χ0) is 26.2. The van der Waals surface area contributed by atoms with Gasteiger partial charge in [0.25, 0.3) is 5.91 Å². The minimum atomic E-state index is -0.283. The zero-order valence-electron chi connectivity index (χ0n) is 21.2. The van der Waals surface area contributed by atoms with Crippen LogP contribution >= 0.6 is 0 Å². The van der Waals surface area contributed by atoms with Crippen molar-refractivity contribution < 1.29 is 23.7 Å². The summed E-state index contributed by atoms with van der Waals surface area (Å²) in [6.45, 7) is 0.960. The van der Waals surface area contributed by atoms with Crippen molar-refractivity contribution in [1.82, 2.24) is 25.1 Å². The second kappa shape index (κ2) is 9.67. The highest BCUT2D eigenvalue weighted by Crippen LogP contribution is 2.50. The summed E-state index contributed by atoms with van der Waals surface area (Å²) in [6, 6.07) is 16.1. The van der Waals surface area contributed by atoms with Gasteiger partial charge in [0, 0.05) is 29.4 Å². The normalized spacial score (nSPS) is 16.1. The first-order valence-electron chi connectivity index (χ1n) is 12.1. The van der Waals surface area contributed by atoms with E-state index in [0.29, 0.717) is 40.1 Å². The van der Waals surface area contributed by atoms with E-state index >= 15 is 0 Å². The van der Waals surface area contributed by atoms with Crippen molar-refractivity contribution >= 4 is 11.6 Å². The molecule has 6 rings (SSSR count). The Labute approximate surface area is 218 Å². The van der Waals surface area contributed by atoms with Gasteiger partial charge in [-0.25, -0.2) is 0 Å². The van der Waals surface area contributed by atoms with Crippen LogP contribution in [-0.4, -0.2) is 65.6 Å². The van der Waals surface area contributed by atoms with Gasteiger partial charge in [0.05, 0.1) is 19.9 Å². The first-order chi connectivity index (χ1) is 18.6. The summed E-state index contributed by atoms with van der Waals surface area (Å²) in [5, 5.41) is 15.6. The van der Waals surface area contributed by atoms with E-state index in [2.05, 4.69) is 25.7 Å². The van der Waals surface area contributed by atoms with E-state index in [1.165, 1.54) is 0 Å². The lowest BCUT2D eigenvalue weighted by Gasteiger charge is -2.34. The van der Waals surface area contributed by atoms with Crippen LogP contribution in [-0.2, 0) is 6.42 Å². The smallest absolute Gasteiger partial charge is 0.255 e. The van der Waals surface area contributed by atoms with Gasteiger partial charge in [-0.05, 0) is 71.9 Å². The van der Waals surface area contributed by atoms with Crippen LogP contribution in [0, 0.1) is 0 Å². The standard InChI is InChI=1S/C27H26N6O5/c1-32-12-11-17-13-21-24(38-15-37-21)25(36-3)22(17)23(32)26-29-30-31-33(26)19-9-7-16(8-10-19)27(34)28-18-5-4-6-20(14-18)35-2/h4-10,13-14,23H,11-12,15H2,1-3H3,(H,28,34)/t23-/m0/s1. The average Bonchev–Trinajstić information content (AvgIpc) is 3.62. The van der Waals surface area contributed by atoms with Crippen molar-refractivity contribution in [2.75, 3.05) is 39.9 Å². The van der Waals surface area contributed by atoms with Crippen LogP contribution in [0.3, 0.4) is 0 Å². The maximum Gasteiger partial charge on any atom is 0.255 e. The molecular weight excluding hydrogens is 488 g/mol. The van der Waals surface area contributed by atoms with Crippen LogP contribution in [0.2, 0.25) is 0 Å². The van der Waals surface area contributed by atoms with E-state index < -0.39 is 0 Å². The van der Waals surface area contributed by atoms with E-state index in [1.54, 1.807) is 37.1 Å². The molecule has 0 unspecified atom stereocenters. The van der Waals surface area contributed by atoms with Crippen LogP contribution in [0.25, 0.3) is 5.69 Å². The maximum atomic E-state index is 12.8. The Kier molecular flexibility index (Phi) is 6.04. The van der Waals surface area contributed by atoms with E-state index in [0.717, 1.165) is 29.8 Å². The summed E-state index contributed by atoms with van der Waals surface area (Å²) < 4.78 is 24.1. The Morgan fingerprint density at radius 1 is 1.08 bits per heavy atom. The van der Waals surface area contributed by atoms with Gasteiger partial charge in [-0.2, -0.15) is 4.68 Å². The molecule has 1 N–H and O–H groups in total. The number of nitrogens with one attached hydrogen (secondary N) is 1. The minimum absolute atomic E-state index is 0.157. The van der Waals surface area contributed by atoms with Crippen LogP contribution in [0.15, 0.2) is 54.6 Å². The molecule has 0 saturated heterocycles. The first kappa shape index (κ1) is 23.7. The molecule has 0 radical (unpaired) electrons. The Hall–Kier alpha value is -4.64. The molecule has 0 saturated carbocycles. The molecule has 11 nitrogen and oxygen atoms in total. The molecule has 0 spiro atoms. The largest absolute Gasteiger partial charge is 0.497 e. The number of anilines is 1. The third-order valence-corrected chi connectivity index (χ3v) is 6.84. The first-order valence-corrected chi connectivity index (χ1v) is 12.1. The molecule has 0 aliphatic carbocycles. The van der Waals surface area contributed by atoms with Crippen molar-refractivity contribution in [3.8, 4) is 28.7 Å². The molecule has 194 valence electrons. The topological polar surface area (TPSA) is 113 Å². The molecule has 3 heterocycles. The van der Waals surface area contributed by atoms with E-state index in [-0.39, 0.29) is 18.7 Å². The number of fused-ring (bicyclic) bond motifs is 2. The van der Waals surface area contributed by atoms with Gasteiger partial charge in [-0.15, -0.1) is 5.10 Å². The lowest BCUT2D eigenvalue weighted by Crippen LogP contribution is -2.35. The molecule has 1 atom stereocenters. The Morgan fingerprint density at radius 3 is 2.71 bits per heavy atom. The molecule has 2 aliphatic rings. The van der Waals surface area contributed by atoms with Crippen molar-refractivity contribution in [3.05, 3.63) is 77.1 Å². The summed E-state index contributed by atoms with van der Waals surface area (Å²) in [7, 11) is 5.24. The van der Waals surface area contributed by atoms with Gasteiger partial charge in [0.1, 0.15) is 11.8 Å². The Morgan fingerprint density at radius 2 is 1.92 bits per heavy atom. The molecule has 4 aromatic rings. The summed E-state index contributed by atoms with van der Waals surface area (Å²) >= 11 is 0. The fourth-order valence-corrected chi connectivity index (χ4v) is 4.97.